The molecular formula is C9H9ClN2O. The number of aryl methyl sites for hydroxylation is 1. The van der Waals surface area contributed by atoms with Gasteiger partial charge in [-0.2, -0.15) is 0 Å². The van der Waals surface area contributed by atoms with E-state index in [9.17, 15) is 4.79 Å². The number of carbonyl (C=O) groups is 1. The van der Waals surface area contributed by atoms with Gasteiger partial charge in [-0.25, -0.2) is 9.97 Å². The molecule has 1 aromatic heterocycles. The number of fused-ring (bicyclic) bond motifs is 1. The van der Waals surface area contributed by atoms with Crippen LogP contribution in [0.1, 0.15) is 23.5 Å². The smallest absolute Gasteiger partial charge is 0.139 e. The van der Waals surface area contributed by atoms with Crippen LogP contribution in [-0.2, 0) is 17.6 Å². The number of hydrogen-bond donors (Lipinski definition) is 0. The maximum Gasteiger partial charge on any atom is 0.139 e. The standard InChI is InChI=1S/C9H9ClN2O/c1-5-11-8-4-6(13)2-3-7(8)9(10)12-5/h2-4H2,1H3. The van der Waals surface area contributed by atoms with Crippen LogP contribution in [0, 0.1) is 6.92 Å². The van der Waals surface area contributed by atoms with Crippen LogP contribution in [0.5, 0.6) is 0 Å². The van der Waals surface area contributed by atoms with Gasteiger partial charge in [0.05, 0.1) is 5.69 Å². The minimum atomic E-state index is 0.238. The zero-order valence-corrected chi connectivity index (χ0v) is 8.06. The monoisotopic (exact) mass is 196 g/mol. The van der Waals surface area contributed by atoms with E-state index < -0.39 is 0 Å². The average molecular weight is 197 g/mol. The van der Waals surface area contributed by atoms with Crippen LogP contribution in [0.4, 0.5) is 0 Å². The summed E-state index contributed by atoms with van der Waals surface area (Å²) in [6.45, 7) is 1.78. The molecule has 0 fully saturated rings. The molecule has 0 unspecified atom stereocenters. The molecular weight excluding hydrogens is 188 g/mol. The van der Waals surface area contributed by atoms with Crippen molar-refractivity contribution >= 4 is 17.4 Å². The molecule has 0 aliphatic heterocycles. The Kier molecular flexibility index (Phi) is 2.04. The molecule has 1 aromatic rings. The van der Waals surface area contributed by atoms with Gasteiger partial charge in [-0.3, -0.25) is 4.79 Å². The summed E-state index contributed by atoms with van der Waals surface area (Å²) in [7, 11) is 0. The first-order chi connectivity index (χ1) is 6.16. The number of aromatic nitrogens is 2. The molecule has 0 saturated carbocycles. The van der Waals surface area contributed by atoms with E-state index in [1.54, 1.807) is 6.92 Å². The van der Waals surface area contributed by atoms with E-state index in [4.69, 9.17) is 11.6 Å². The molecule has 0 spiro atoms. The van der Waals surface area contributed by atoms with Crippen molar-refractivity contribution in [3.8, 4) is 0 Å². The zero-order valence-electron chi connectivity index (χ0n) is 7.30. The maximum atomic E-state index is 11.1. The lowest BCUT2D eigenvalue weighted by Gasteiger charge is -2.14. The number of carbonyl (C=O) groups excluding carboxylic acids is 1. The van der Waals surface area contributed by atoms with Gasteiger partial charge in [-0.15, -0.1) is 0 Å². The number of ketones is 1. The number of nitrogens with zero attached hydrogens (tertiary/aromatic N) is 2. The topological polar surface area (TPSA) is 42.9 Å². The lowest BCUT2D eigenvalue weighted by molar-refractivity contribution is -0.118. The van der Waals surface area contributed by atoms with Gasteiger partial charge < -0.3 is 0 Å². The fourth-order valence-corrected chi connectivity index (χ4v) is 1.88. The van der Waals surface area contributed by atoms with E-state index in [1.165, 1.54) is 0 Å². The van der Waals surface area contributed by atoms with Gasteiger partial charge in [-0.05, 0) is 13.3 Å². The first kappa shape index (κ1) is 8.63. The SMILES string of the molecule is Cc1nc(Cl)c2c(n1)CC(=O)CC2. The summed E-state index contributed by atoms with van der Waals surface area (Å²) in [5.41, 5.74) is 1.76. The second kappa shape index (κ2) is 3.07. The Morgan fingerprint density at radius 3 is 2.85 bits per heavy atom. The normalized spacial score (nSPS) is 15.7. The van der Waals surface area contributed by atoms with Crippen molar-refractivity contribution in [3.63, 3.8) is 0 Å². The zero-order chi connectivity index (χ0) is 9.42. The van der Waals surface area contributed by atoms with Crippen LogP contribution in [0.25, 0.3) is 0 Å². The van der Waals surface area contributed by atoms with Crippen LogP contribution in [0.2, 0.25) is 5.15 Å². The Morgan fingerprint density at radius 2 is 2.08 bits per heavy atom. The van der Waals surface area contributed by atoms with Gasteiger partial charge in [0.15, 0.2) is 0 Å². The molecule has 0 atom stereocenters. The first-order valence-corrected chi connectivity index (χ1v) is 4.58. The summed E-state index contributed by atoms with van der Waals surface area (Å²) in [6, 6.07) is 0. The van der Waals surface area contributed by atoms with E-state index in [1.807, 2.05) is 0 Å². The highest BCUT2D eigenvalue weighted by Crippen LogP contribution is 2.23. The van der Waals surface area contributed by atoms with Gasteiger partial charge >= 0.3 is 0 Å². The Labute approximate surface area is 81.2 Å². The van der Waals surface area contributed by atoms with E-state index in [0.29, 0.717) is 30.2 Å². The van der Waals surface area contributed by atoms with Crippen molar-refractivity contribution in [2.75, 3.05) is 0 Å². The van der Waals surface area contributed by atoms with Gasteiger partial charge in [0.2, 0.25) is 0 Å². The Bertz CT molecular complexity index is 376. The van der Waals surface area contributed by atoms with Crippen molar-refractivity contribution in [3.05, 3.63) is 22.2 Å². The summed E-state index contributed by atoms with van der Waals surface area (Å²) >= 11 is 5.93. The molecule has 0 saturated heterocycles. The molecule has 1 aliphatic carbocycles. The third-order valence-electron chi connectivity index (χ3n) is 2.17. The van der Waals surface area contributed by atoms with Gasteiger partial charge in [0.1, 0.15) is 16.8 Å². The van der Waals surface area contributed by atoms with E-state index in [2.05, 4.69) is 9.97 Å². The van der Waals surface area contributed by atoms with E-state index >= 15 is 0 Å². The molecule has 13 heavy (non-hydrogen) atoms. The minimum Gasteiger partial charge on any atom is -0.299 e. The van der Waals surface area contributed by atoms with E-state index in [0.717, 1.165) is 11.3 Å². The molecule has 2 rings (SSSR count). The van der Waals surface area contributed by atoms with Crippen molar-refractivity contribution in [2.45, 2.75) is 26.2 Å². The van der Waals surface area contributed by atoms with Crippen molar-refractivity contribution < 1.29 is 4.79 Å². The summed E-state index contributed by atoms with van der Waals surface area (Å²) in [5, 5.41) is 0.509. The molecule has 0 aromatic carbocycles. The third-order valence-corrected chi connectivity index (χ3v) is 2.49. The molecule has 1 heterocycles. The molecule has 3 nitrogen and oxygen atoms in total. The average Bonchev–Trinajstić information content (AvgIpc) is 2.02. The quantitative estimate of drug-likeness (QED) is 0.591. The van der Waals surface area contributed by atoms with Gasteiger partial charge in [-0.1, -0.05) is 11.6 Å². The lowest BCUT2D eigenvalue weighted by Crippen LogP contribution is -2.16. The highest BCUT2D eigenvalue weighted by Gasteiger charge is 2.20. The van der Waals surface area contributed by atoms with Crippen LogP contribution >= 0.6 is 11.6 Å². The largest absolute Gasteiger partial charge is 0.299 e. The van der Waals surface area contributed by atoms with E-state index in [-0.39, 0.29) is 5.78 Å². The van der Waals surface area contributed by atoms with Crippen LogP contribution in [0.15, 0.2) is 0 Å². The highest BCUT2D eigenvalue weighted by atomic mass is 35.5. The van der Waals surface area contributed by atoms with Crippen molar-refractivity contribution in [1.82, 2.24) is 9.97 Å². The number of rotatable bonds is 0. The number of halogens is 1. The molecule has 68 valence electrons. The number of Topliss-reactive ketones (excluding diaryl/α,β-unsaturated/α-hetero) is 1. The molecule has 1 aliphatic rings. The fourth-order valence-electron chi connectivity index (χ4n) is 1.55. The Morgan fingerprint density at radius 1 is 1.31 bits per heavy atom. The van der Waals surface area contributed by atoms with Crippen LogP contribution in [-0.4, -0.2) is 15.8 Å². The van der Waals surface area contributed by atoms with Gasteiger partial charge in [0.25, 0.3) is 0 Å². The molecule has 0 amide bonds. The summed E-state index contributed by atoms with van der Waals surface area (Å²) < 4.78 is 0. The van der Waals surface area contributed by atoms with Crippen molar-refractivity contribution in [2.24, 2.45) is 0 Å². The Balaban J connectivity index is 2.53. The fraction of sp³-hybridized carbons (Fsp3) is 0.444. The summed E-state index contributed by atoms with van der Waals surface area (Å²) in [5.74, 6) is 0.875. The van der Waals surface area contributed by atoms with Gasteiger partial charge in [0, 0.05) is 18.4 Å². The molecule has 0 bridgehead atoms. The highest BCUT2D eigenvalue weighted by molar-refractivity contribution is 6.30. The summed E-state index contributed by atoms with van der Waals surface area (Å²) in [4.78, 5) is 19.4. The molecule has 0 radical (unpaired) electrons. The maximum absolute atomic E-state index is 11.1. The van der Waals surface area contributed by atoms with Crippen molar-refractivity contribution in [1.29, 1.82) is 0 Å². The predicted octanol–water partition coefficient (Wildman–Crippen LogP) is 1.50. The third kappa shape index (κ3) is 1.56. The summed E-state index contributed by atoms with van der Waals surface area (Å²) in [6.07, 6.45) is 1.67. The molecule has 4 heteroatoms. The second-order valence-corrected chi connectivity index (χ2v) is 3.56. The Hall–Kier alpha value is -0.960. The first-order valence-electron chi connectivity index (χ1n) is 4.20. The molecule has 0 N–H and O–H groups in total. The number of hydrogen-bond acceptors (Lipinski definition) is 3. The van der Waals surface area contributed by atoms with Crippen LogP contribution in [0.3, 0.4) is 0 Å². The lowest BCUT2D eigenvalue weighted by atomic mass is 9.96. The minimum absolute atomic E-state index is 0.238. The second-order valence-electron chi connectivity index (χ2n) is 3.20. The predicted molar refractivity (Wildman–Crippen MR) is 48.8 cm³/mol. The van der Waals surface area contributed by atoms with Crippen LogP contribution < -0.4 is 0 Å².